The number of hydrogen-bond acceptors (Lipinski definition) is 6. The van der Waals surface area contributed by atoms with Gasteiger partial charge < -0.3 is 5.73 Å². The highest BCUT2D eigenvalue weighted by atomic mass is 79.9. The summed E-state index contributed by atoms with van der Waals surface area (Å²) in [5, 5.41) is 10.9. The molecule has 0 radical (unpaired) electrons. The Kier molecular flexibility index (Phi) is 3.45. The first-order valence-corrected chi connectivity index (χ1v) is 7.39. The Morgan fingerprint density at radius 1 is 1.42 bits per heavy atom. The van der Waals surface area contributed by atoms with Crippen LogP contribution in [0.4, 0.5) is 11.6 Å². The molecule has 0 saturated heterocycles. The van der Waals surface area contributed by atoms with Crippen molar-refractivity contribution in [2.45, 2.75) is 11.8 Å². The Hall–Kier alpha value is -1.68. The Bertz CT molecular complexity index is 726. The molecule has 0 aliphatic rings. The minimum absolute atomic E-state index is 0.0619. The largest absolute Gasteiger partial charge is 0.398 e. The quantitative estimate of drug-likeness (QED) is 0.788. The average molecular weight is 347 g/mol. The number of hydrogen-bond donors (Lipinski definition) is 2. The van der Waals surface area contributed by atoms with Crippen LogP contribution in [-0.4, -0.2) is 28.6 Å². The SMILES string of the molecule is Cc1c(N)cc(Br)cc1S(=O)(=O)Nc1nnn(C)n1. The number of rotatable bonds is 3. The summed E-state index contributed by atoms with van der Waals surface area (Å²) in [6.07, 6.45) is 0. The third-order valence-electron chi connectivity index (χ3n) is 2.39. The lowest BCUT2D eigenvalue weighted by Gasteiger charge is -2.10. The lowest BCUT2D eigenvalue weighted by molar-refractivity contribution is 0.600. The normalized spacial score (nSPS) is 11.5. The van der Waals surface area contributed by atoms with Gasteiger partial charge in [0.05, 0.1) is 11.9 Å². The molecule has 102 valence electrons. The number of sulfonamides is 1. The van der Waals surface area contributed by atoms with E-state index in [9.17, 15) is 8.42 Å². The van der Waals surface area contributed by atoms with Crippen LogP contribution in [0.3, 0.4) is 0 Å². The first-order valence-electron chi connectivity index (χ1n) is 5.12. The third kappa shape index (κ3) is 2.84. The number of aryl methyl sites for hydroxylation is 1. The van der Waals surface area contributed by atoms with Crippen LogP contribution >= 0.6 is 15.9 Å². The number of aromatic nitrogens is 4. The van der Waals surface area contributed by atoms with Crippen molar-refractivity contribution in [2.24, 2.45) is 7.05 Å². The summed E-state index contributed by atoms with van der Waals surface area (Å²) in [5.74, 6) is -0.0968. The van der Waals surface area contributed by atoms with Crippen molar-refractivity contribution in [3.05, 3.63) is 22.2 Å². The molecule has 1 aromatic carbocycles. The zero-order valence-electron chi connectivity index (χ0n) is 10.1. The van der Waals surface area contributed by atoms with Crippen molar-refractivity contribution in [1.82, 2.24) is 20.2 Å². The summed E-state index contributed by atoms with van der Waals surface area (Å²) in [7, 11) is -2.28. The fraction of sp³-hybridized carbons (Fsp3) is 0.222. The summed E-state index contributed by atoms with van der Waals surface area (Å²) in [4.78, 5) is 1.21. The van der Waals surface area contributed by atoms with Crippen LogP contribution in [-0.2, 0) is 17.1 Å². The van der Waals surface area contributed by atoms with E-state index in [0.717, 1.165) is 4.80 Å². The molecule has 2 rings (SSSR count). The molecule has 19 heavy (non-hydrogen) atoms. The molecule has 1 aromatic heterocycles. The summed E-state index contributed by atoms with van der Waals surface area (Å²) in [6.45, 7) is 1.63. The van der Waals surface area contributed by atoms with Crippen molar-refractivity contribution in [1.29, 1.82) is 0 Å². The monoisotopic (exact) mass is 346 g/mol. The van der Waals surface area contributed by atoms with Gasteiger partial charge in [0, 0.05) is 10.2 Å². The Labute approximate surface area is 118 Å². The maximum absolute atomic E-state index is 12.2. The molecule has 8 nitrogen and oxygen atoms in total. The zero-order valence-corrected chi connectivity index (χ0v) is 12.5. The predicted molar refractivity (Wildman–Crippen MR) is 72.9 cm³/mol. The standard InChI is InChI=1S/C9H11BrN6O2S/c1-5-7(11)3-6(10)4-8(5)19(17,18)14-9-12-15-16(2)13-9/h3-4H,11H2,1-2H3,(H,13,14). The van der Waals surface area contributed by atoms with Gasteiger partial charge in [-0.2, -0.15) is 4.80 Å². The van der Waals surface area contributed by atoms with E-state index in [2.05, 4.69) is 36.1 Å². The van der Waals surface area contributed by atoms with Crippen molar-refractivity contribution in [3.63, 3.8) is 0 Å². The smallest absolute Gasteiger partial charge is 0.277 e. The van der Waals surface area contributed by atoms with Gasteiger partial charge >= 0.3 is 0 Å². The molecule has 0 atom stereocenters. The minimum Gasteiger partial charge on any atom is -0.398 e. The highest BCUT2D eigenvalue weighted by molar-refractivity contribution is 9.10. The second-order valence-corrected chi connectivity index (χ2v) is 6.39. The number of benzene rings is 1. The fourth-order valence-electron chi connectivity index (χ4n) is 1.45. The van der Waals surface area contributed by atoms with Gasteiger partial charge in [-0.15, -0.1) is 5.10 Å². The molecular weight excluding hydrogens is 336 g/mol. The van der Waals surface area contributed by atoms with Crippen LogP contribution in [0.25, 0.3) is 0 Å². The maximum atomic E-state index is 12.2. The molecule has 10 heteroatoms. The van der Waals surface area contributed by atoms with Gasteiger partial charge in [-0.3, -0.25) is 0 Å². The molecular formula is C9H11BrN6O2S. The number of halogens is 1. The van der Waals surface area contributed by atoms with Gasteiger partial charge in [-0.25, -0.2) is 13.1 Å². The highest BCUT2D eigenvalue weighted by Crippen LogP contribution is 2.27. The number of nitrogens with one attached hydrogen (secondary N) is 1. The summed E-state index contributed by atoms with van der Waals surface area (Å²) >= 11 is 3.21. The van der Waals surface area contributed by atoms with Gasteiger partial charge in [0.1, 0.15) is 0 Å². The molecule has 0 aliphatic heterocycles. The fourth-order valence-corrected chi connectivity index (χ4v) is 3.32. The highest BCUT2D eigenvalue weighted by Gasteiger charge is 2.21. The van der Waals surface area contributed by atoms with Gasteiger partial charge in [0.25, 0.3) is 16.0 Å². The molecule has 0 spiro atoms. The molecule has 0 fully saturated rings. The third-order valence-corrected chi connectivity index (χ3v) is 4.30. The second-order valence-electron chi connectivity index (χ2n) is 3.83. The maximum Gasteiger partial charge on any atom is 0.277 e. The summed E-state index contributed by atoms with van der Waals surface area (Å²) in [6, 6.07) is 3.10. The topological polar surface area (TPSA) is 116 Å². The van der Waals surface area contributed by atoms with Crippen molar-refractivity contribution in [3.8, 4) is 0 Å². The lowest BCUT2D eigenvalue weighted by Crippen LogP contribution is -2.16. The summed E-state index contributed by atoms with van der Waals surface area (Å²) < 4.78 is 27.3. The number of nitrogens with zero attached hydrogens (tertiary/aromatic N) is 4. The predicted octanol–water partition coefficient (Wildman–Crippen LogP) is 0.664. The van der Waals surface area contributed by atoms with Crippen LogP contribution in [0.5, 0.6) is 0 Å². The van der Waals surface area contributed by atoms with E-state index in [0.29, 0.717) is 15.7 Å². The van der Waals surface area contributed by atoms with Crippen LogP contribution < -0.4 is 10.5 Å². The van der Waals surface area contributed by atoms with Crippen molar-refractivity contribution >= 4 is 37.6 Å². The first kappa shape index (κ1) is 13.7. The molecule has 0 bridgehead atoms. The Morgan fingerprint density at radius 3 is 2.68 bits per heavy atom. The van der Waals surface area contributed by atoms with E-state index >= 15 is 0 Å². The van der Waals surface area contributed by atoms with Crippen LogP contribution in [0.1, 0.15) is 5.56 Å². The lowest BCUT2D eigenvalue weighted by atomic mass is 10.2. The number of nitrogens with two attached hydrogens (primary N) is 1. The van der Waals surface area contributed by atoms with E-state index in [-0.39, 0.29) is 10.8 Å². The molecule has 2 aromatic rings. The van der Waals surface area contributed by atoms with Crippen LogP contribution in [0.15, 0.2) is 21.5 Å². The molecule has 0 aliphatic carbocycles. The minimum atomic E-state index is -3.81. The molecule has 3 N–H and O–H groups in total. The second kappa shape index (κ2) is 4.78. The molecule has 0 amide bonds. The van der Waals surface area contributed by atoms with Crippen molar-refractivity contribution < 1.29 is 8.42 Å². The molecule has 0 unspecified atom stereocenters. The molecule has 1 heterocycles. The number of nitrogen functional groups attached to an aromatic ring is 1. The van der Waals surface area contributed by atoms with Gasteiger partial charge in [-0.05, 0) is 29.8 Å². The average Bonchev–Trinajstić information content (AvgIpc) is 2.68. The van der Waals surface area contributed by atoms with Crippen molar-refractivity contribution in [2.75, 3.05) is 10.5 Å². The summed E-state index contributed by atoms with van der Waals surface area (Å²) in [5.41, 5.74) is 6.58. The molecule has 0 saturated carbocycles. The van der Waals surface area contributed by atoms with E-state index in [4.69, 9.17) is 5.73 Å². The van der Waals surface area contributed by atoms with E-state index in [1.165, 1.54) is 13.1 Å². The van der Waals surface area contributed by atoms with Gasteiger partial charge in [0.15, 0.2) is 0 Å². The Morgan fingerprint density at radius 2 is 2.11 bits per heavy atom. The zero-order chi connectivity index (χ0) is 14.2. The Balaban J connectivity index is 2.45. The van der Waals surface area contributed by atoms with Crippen LogP contribution in [0.2, 0.25) is 0 Å². The first-order chi connectivity index (χ1) is 8.79. The number of tetrazole rings is 1. The van der Waals surface area contributed by atoms with Crippen LogP contribution in [0, 0.1) is 6.92 Å². The van der Waals surface area contributed by atoms with E-state index in [1.54, 1.807) is 13.0 Å². The van der Waals surface area contributed by atoms with E-state index < -0.39 is 10.0 Å². The number of anilines is 2. The van der Waals surface area contributed by atoms with E-state index in [1.807, 2.05) is 0 Å². The van der Waals surface area contributed by atoms with Gasteiger partial charge in [0.2, 0.25) is 0 Å². The van der Waals surface area contributed by atoms with Gasteiger partial charge in [-0.1, -0.05) is 21.0 Å².